The van der Waals surface area contributed by atoms with E-state index in [0.29, 0.717) is 11.7 Å². The Hall–Kier alpha value is -1.02. The minimum absolute atomic E-state index is 0.620. The van der Waals surface area contributed by atoms with E-state index in [0.717, 1.165) is 24.8 Å². The van der Waals surface area contributed by atoms with Crippen LogP contribution in [0.4, 0.5) is 0 Å². The van der Waals surface area contributed by atoms with Crippen molar-refractivity contribution < 1.29 is 9.84 Å². The van der Waals surface area contributed by atoms with Crippen molar-refractivity contribution in [2.24, 2.45) is 5.92 Å². The molecule has 0 aromatic rings. The van der Waals surface area contributed by atoms with Crippen molar-refractivity contribution in [1.82, 2.24) is 0 Å². The van der Waals surface area contributed by atoms with E-state index in [9.17, 15) is 5.11 Å². The van der Waals surface area contributed by atoms with E-state index in [4.69, 9.17) is 4.74 Å². The lowest BCUT2D eigenvalue weighted by Gasteiger charge is -2.41. The molecular formula is C18H30O2. The summed E-state index contributed by atoms with van der Waals surface area (Å²) in [6, 6.07) is 0. The maximum absolute atomic E-state index is 10.6. The molecule has 2 rings (SSSR count). The van der Waals surface area contributed by atoms with Crippen LogP contribution in [0.25, 0.3) is 0 Å². The van der Waals surface area contributed by atoms with Crippen molar-refractivity contribution in [1.29, 1.82) is 0 Å². The predicted octanol–water partition coefficient (Wildman–Crippen LogP) is 4.76. The Morgan fingerprint density at radius 3 is 2.65 bits per heavy atom. The molecule has 114 valence electrons. The van der Waals surface area contributed by atoms with Gasteiger partial charge in [-0.05, 0) is 69.1 Å². The van der Waals surface area contributed by atoms with Gasteiger partial charge in [0.25, 0.3) is 0 Å². The number of fused-ring (bicyclic) bond motifs is 1. The summed E-state index contributed by atoms with van der Waals surface area (Å²) < 4.78 is 5.16. The Bertz CT molecular complexity index is 413. The quantitative estimate of drug-likeness (QED) is 0.738. The molecule has 0 spiro atoms. The molecule has 0 aromatic heterocycles. The number of hydrogen-bond acceptors (Lipinski definition) is 2. The lowest BCUT2D eigenvalue weighted by molar-refractivity contribution is 0.0694. The van der Waals surface area contributed by atoms with Crippen molar-refractivity contribution >= 4 is 0 Å². The van der Waals surface area contributed by atoms with Gasteiger partial charge in [0.15, 0.2) is 0 Å². The molecule has 0 saturated heterocycles. The molecule has 0 aliphatic heterocycles. The van der Waals surface area contributed by atoms with E-state index >= 15 is 0 Å². The first-order valence-corrected chi connectivity index (χ1v) is 7.83. The molecule has 2 aliphatic carbocycles. The van der Waals surface area contributed by atoms with Gasteiger partial charge in [0.05, 0.1) is 12.7 Å². The largest absolute Gasteiger partial charge is 0.497 e. The van der Waals surface area contributed by atoms with Crippen molar-refractivity contribution in [2.75, 3.05) is 7.11 Å². The highest BCUT2D eigenvalue weighted by atomic mass is 16.5. The molecule has 1 saturated carbocycles. The molecule has 1 N–H and O–H groups in total. The van der Waals surface area contributed by atoms with E-state index in [1.54, 1.807) is 7.11 Å². The third-order valence-electron chi connectivity index (χ3n) is 4.39. The second kappa shape index (κ2) is 7.12. The molecule has 0 aromatic carbocycles. The van der Waals surface area contributed by atoms with Crippen LogP contribution in [0.3, 0.4) is 0 Å². The maximum atomic E-state index is 10.6. The Morgan fingerprint density at radius 1 is 1.40 bits per heavy atom. The van der Waals surface area contributed by atoms with Crippen LogP contribution >= 0.6 is 0 Å². The molecule has 1 fully saturated rings. The second-order valence-electron chi connectivity index (χ2n) is 5.82. The molecule has 2 atom stereocenters. The molecular weight excluding hydrogens is 248 g/mol. The van der Waals surface area contributed by atoms with Crippen LogP contribution < -0.4 is 0 Å². The van der Waals surface area contributed by atoms with Crippen LogP contribution in [-0.2, 0) is 4.74 Å². The van der Waals surface area contributed by atoms with Crippen molar-refractivity contribution in [2.45, 2.75) is 65.4 Å². The summed E-state index contributed by atoms with van der Waals surface area (Å²) >= 11 is 0. The van der Waals surface area contributed by atoms with Crippen molar-refractivity contribution in [3.05, 3.63) is 35.1 Å². The van der Waals surface area contributed by atoms with Crippen LogP contribution in [-0.4, -0.2) is 17.8 Å². The third kappa shape index (κ3) is 3.54. The number of allylic oxidation sites excluding steroid dienone is 2. The molecule has 0 heterocycles. The molecule has 0 bridgehead atoms. The van der Waals surface area contributed by atoms with E-state index in [2.05, 4.69) is 13.5 Å². The first-order chi connectivity index (χ1) is 9.45. The topological polar surface area (TPSA) is 29.5 Å². The van der Waals surface area contributed by atoms with Gasteiger partial charge in [-0.25, -0.2) is 0 Å². The van der Waals surface area contributed by atoms with Gasteiger partial charge in [0.2, 0.25) is 0 Å². The number of hydrogen-bond donors (Lipinski definition) is 1. The van der Waals surface area contributed by atoms with Crippen LogP contribution in [0.2, 0.25) is 0 Å². The SMILES string of the molecule is C=C(/C=C1\C2=C(C)CCC[C@H]2CC[C@]1(C)O)OC.CC. The van der Waals surface area contributed by atoms with Gasteiger partial charge in [0, 0.05) is 0 Å². The van der Waals surface area contributed by atoms with E-state index in [1.807, 2.05) is 26.8 Å². The van der Waals surface area contributed by atoms with E-state index in [1.165, 1.54) is 24.0 Å². The number of ether oxygens (including phenoxy) is 1. The highest BCUT2D eigenvalue weighted by Gasteiger charge is 2.39. The zero-order chi connectivity index (χ0) is 15.3. The molecule has 2 heteroatoms. The fourth-order valence-electron chi connectivity index (χ4n) is 3.31. The van der Waals surface area contributed by atoms with Gasteiger partial charge < -0.3 is 9.84 Å². The number of methoxy groups -OCH3 is 1. The van der Waals surface area contributed by atoms with Gasteiger partial charge in [-0.3, -0.25) is 0 Å². The Kier molecular flexibility index (Phi) is 6.07. The molecule has 2 nitrogen and oxygen atoms in total. The second-order valence-corrected chi connectivity index (χ2v) is 5.82. The summed E-state index contributed by atoms with van der Waals surface area (Å²) in [7, 11) is 1.62. The molecule has 2 aliphatic rings. The fourth-order valence-corrected chi connectivity index (χ4v) is 3.31. The Labute approximate surface area is 124 Å². The van der Waals surface area contributed by atoms with Gasteiger partial charge in [-0.1, -0.05) is 26.0 Å². The van der Waals surface area contributed by atoms with Crippen molar-refractivity contribution in [3.8, 4) is 0 Å². The molecule has 0 unspecified atom stereocenters. The molecule has 0 amide bonds. The smallest absolute Gasteiger partial charge is 0.112 e. The number of rotatable bonds is 2. The summed E-state index contributed by atoms with van der Waals surface area (Å²) in [5.74, 6) is 1.24. The Morgan fingerprint density at radius 2 is 2.05 bits per heavy atom. The molecule has 0 radical (unpaired) electrons. The summed E-state index contributed by atoms with van der Waals surface area (Å²) in [6.07, 6.45) is 7.53. The predicted molar refractivity (Wildman–Crippen MR) is 85.5 cm³/mol. The lowest BCUT2D eigenvalue weighted by atomic mass is 9.66. The summed E-state index contributed by atoms with van der Waals surface area (Å²) in [5.41, 5.74) is 3.09. The monoisotopic (exact) mass is 278 g/mol. The lowest BCUT2D eigenvalue weighted by Crippen LogP contribution is -2.36. The van der Waals surface area contributed by atoms with Gasteiger partial charge in [-0.15, -0.1) is 0 Å². The zero-order valence-electron chi connectivity index (χ0n) is 13.8. The first-order valence-electron chi connectivity index (χ1n) is 7.83. The standard InChI is InChI=1S/C16H24O2.C2H6/c1-11-6-5-7-13-8-9-16(3,17)14(15(11)13)10-12(2)18-4;1-2/h10,13,17H,2,5-9H2,1,3-4H3;1-2H3/b14-10+;/t13-,16-;/m0./s1. The van der Waals surface area contributed by atoms with Gasteiger partial charge >= 0.3 is 0 Å². The van der Waals surface area contributed by atoms with Crippen molar-refractivity contribution in [3.63, 3.8) is 0 Å². The summed E-state index contributed by atoms with van der Waals surface area (Å²) in [5, 5.41) is 10.6. The third-order valence-corrected chi connectivity index (χ3v) is 4.39. The van der Waals surface area contributed by atoms with Gasteiger partial charge in [-0.2, -0.15) is 0 Å². The minimum atomic E-state index is -0.744. The minimum Gasteiger partial charge on any atom is -0.497 e. The van der Waals surface area contributed by atoms with E-state index < -0.39 is 5.60 Å². The summed E-state index contributed by atoms with van der Waals surface area (Å²) in [6.45, 7) is 12.0. The normalized spacial score (nSPS) is 31.3. The Balaban J connectivity index is 0.000000956. The highest BCUT2D eigenvalue weighted by Crippen LogP contribution is 2.47. The maximum Gasteiger partial charge on any atom is 0.112 e. The average molecular weight is 278 g/mol. The first kappa shape index (κ1) is 17.0. The zero-order valence-corrected chi connectivity index (χ0v) is 13.8. The molecule has 20 heavy (non-hydrogen) atoms. The average Bonchev–Trinajstić information content (AvgIpc) is 2.44. The van der Waals surface area contributed by atoms with E-state index in [-0.39, 0.29) is 0 Å². The number of aliphatic hydroxyl groups is 1. The van der Waals surface area contributed by atoms with Crippen LogP contribution in [0.1, 0.15) is 59.8 Å². The fraction of sp³-hybridized carbons (Fsp3) is 0.667. The summed E-state index contributed by atoms with van der Waals surface area (Å²) in [4.78, 5) is 0. The van der Waals surface area contributed by atoms with Crippen LogP contribution in [0.15, 0.2) is 35.1 Å². The van der Waals surface area contributed by atoms with Gasteiger partial charge in [0.1, 0.15) is 5.76 Å². The highest BCUT2D eigenvalue weighted by molar-refractivity contribution is 5.47. The van der Waals surface area contributed by atoms with Crippen LogP contribution in [0.5, 0.6) is 0 Å². The van der Waals surface area contributed by atoms with Crippen LogP contribution in [0, 0.1) is 5.92 Å².